The topological polar surface area (TPSA) is 180 Å². The monoisotopic (exact) mass is 644 g/mol. The third-order valence-corrected chi connectivity index (χ3v) is 6.85. The van der Waals surface area contributed by atoms with Crippen LogP contribution in [0.15, 0.2) is 84.9 Å². The lowest BCUT2D eigenvalue weighted by Crippen LogP contribution is -2.55. The van der Waals surface area contributed by atoms with Crippen LogP contribution in [0.1, 0.15) is 44.7 Å². The summed E-state index contributed by atoms with van der Waals surface area (Å²) >= 11 is 0. The number of esters is 2. The first-order valence-corrected chi connectivity index (χ1v) is 14.5. The number of imide groups is 2. The van der Waals surface area contributed by atoms with E-state index in [1.165, 1.54) is 0 Å². The van der Waals surface area contributed by atoms with Gasteiger partial charge in [-0.3, -0.25) is 34.2 Å². The third-order valence-electron chi connectivity index (χ3n) is 6.85. The molecular formula is C33H32N4O10. The number of carbonyl (C=O) groups is 7. The van der Waals surface area contributed by atoms with Crippen molar-refractivity contribution in [3.63, 3.8) is 0 Å². The van der Waals surface area contributed by atoms with Crippen LogP contribution in [-0.4, -0.2) is 88.0 Å². The van der Waals surface area contributed by atoms with Crippen molar-refractivity contribution < 1.29 is 48.2 Å². The maximum absolute atomic E-state index is 13.1. The Bertz CT molecular complexity index is 1630. The molecule has 1 aliphatic rings. The predicted molar refractivity (Wildman–Crippen MR) is 162 cm³/mol. The molecule has 0 unspecified atom stereocenters. The number of nitrogens with zero attached hydrogens (tertiary/aromatic N) is 3. The van der Waals surface area contributed by atoms with E-state index in [-0.39, 0.29) is 39.4 Å². The summed E-state index contributed by atoms with van der Waals surface area (Å²) in [5, 5.41) is 13.1. The van der Waals surface area contributed by atoms with E-state index in [4.69, 9.17) is 9.47 Å². The van der Waals surface area contributed by atoms with Crippen molar-refractivity contribution in [2.75, 3.05) is 26.3 Å². The number of urea groups is 1. The minimum atomic E-state index is -0.891. The second-order valence-corrected chi connectivity index (χ2v) is 10.3. The fourth-order valence-corrected chi connectivity index (χ4v) is 4.50. The highest BCUT2D eigenvalue weighted by molar-refractivity contribution is 6.14. The van der Waals surface area contributed by atoms with Gasteiger partial charge in [-0.05, 0) is 35.4 Å². The number of hydrogen-bond acceptors (Lipinski definition) is 10. The van der Waals surface area contributed by atoms with Crippen LogP contribution in [-0.2, 0) is 41.7 Å². The molecule has 0 aromatic heterocycles. The minimum Gasteiger partial charge on any atom is -0.460 e. The average Bonchev–Trinajstić information content (AvgIpc) is 3.07. The SMILES string of the molecule is O=C(CC(=O)N(O)Cc1cccc(CN2C(=O)CC(=O)N(CCOC(=O)c3ccccc3)C2=O)c1)NCCOC(=O)c1ccccc1. The van der Waals surface area contributed by atoms with Gasteiger partial charge in [-0.1, -0.05) is 60.7 Å². The number of benzene rings is 3. The second kappa shape index (κ2) is 16.4. The summed E-state index contributed by atoms with van der Waals surface area (Å²) < 4.78 is 10.2. The smallest absolute Gasteiger partial charge is 0.338 e. The molecule has 3 aromatic carbocycles. The lowest BCUT2D eigenvalue weighted by Gasteiger charge is -2.32. The first-order chi connectivity index (χ1) is 22.6. The van der Waals surface area contributed by atoms with Crippen LogP contribution in [0.3, 0.4) is 0 Å². The molecule has 4 rings (SSSR count). The molecule has 1 aliphatic heterocycles. The molecule has 0 radical (unpaired) electrons. The van der Waals surface area contributed by atoms with Crippen molar-refractivity contribution in [3.8, 4) is 0 Å². The largest absolute Gasteiger partial charge is 0.460 e. The van der Waals surface area contributed by atoms with Gasteiger partial charge in [-0.25, -0.2) is 19.4 Å². The summed E-state index contributed by atoms with van der Waals surface area (Å²) in [5.74, 6) is -4.17. The van der Waals surface area contributed by atoms with Crippen molar-refractivity contribution >= 4 is 41.6 Å². The van der Waals surface area contributed by atoms with Gasteiger partial charge >= 0.3 is 18.0 Å². The van der Waals surface area contributed by atoms with Gasteiger partial charge in [0.05, 0.1) is 37.3 Å². The second-order valence-electron chi connectivity index (χ2n) is 10.3. The maximum atomic E-state index is 13.1. The molecule has 0 atom stereocenters. The molecule has 6 amide bonds. The first-order valence-electron chi connectivity index (χ1n) is 14.5. The van der Waals surface area contributed by atoms with Gasteiger partial charge in [0.15, 0.2) is 0 Å². The van der Waals surface area contributed by atoms with E-state index < -0.39 is 54.4 Å². The van der Waals surface area contributed by atoms with Crippen molar-refractivity contribution in [2.24, 2.45) is 0 Å². The summed E-state index contributed by atoms with van der Waals surface area (Å²) in [6.45, 7) is -1.15. The normalized spacial score (nSPS) is 12.8. The van der Waals surface area contributed by atoms with Crippen molar-refractivity contribution in [1.82, 2.24) is 20.2 Å². The maximum Gasteiger partial charge on any atom is 0.338 e. The Morgan fingerprint density at radius 2 is 1.32 bits per heavy atom. The zero-order valence-corrected chi connectivity index (χ0v) is 25.2. The number of ether oxygens (including phenoxy) is 2. The lowest BCUT2D eigenvalue weighted by atomic mass is 10.1. The Morgan fingerprint density at radius 3 is 1.96 bits per heavy atom. The van der Waals surface area contributed by atoms with Crippen LogP contribution in [0.25, 0.3) is 0 Å². The Kier molecular flexibility index (Phi) is 11.9. The number of amides is 6. The fourth-order valence-electron chi connectivity index (χ4n) is 4.50. The van der Waals surface area contributed by atoms with E-state index in [2.05, 4.69) is 5.32 Å². The molecule has 14 nitrogen and oxygen atoms in total. The molecule has 0 bridgehead atoms. The summed E-state index contributed by atoms with van der Waals surface area (Å²) in [5.41, 5.74) is 1.58. The highest BCUT2D eigenvalue weighted by Gasteiger charge is 2.37. The average molecular weight is 645 g/mol. The molecule has 244 valence electrons. The zero-order valence-electron chi connectivity index (χ0n) is 25.2. The highest BCUT2D eigenvalue weighted by Crippen LogP contribution is 2.18. The van der Waals surface area contributed by atoms with Gasteiger partial charge in [0.1, 0.15) is 26.1 Å². The summed E-state index contributed by atoms with van der Waals surface area (Å²) in [6.07, 6.45) is -1.21. The van der Waals surface area contributed by atoms with Crippen molar-refractivity contribution in [3.05, 3.63) is 107 Å². The Hall–Kier alpha value is -5.89. The molecule has 1 saturated heterocycles. The highest BCUT2D eigenvalue weighted by atomic mass is 16.5. The molecule has 1 heterocycles. The van der Waals surface area contributed by atoms with E-state index >= 15 is 0 Å². The Balaban J connectivity index is 1.23. The van der Waals surface area contributed by atoms with Gasteiger partial charge in [0, 0.05) is 0 Å². The van der Waals surface area contributed by atoms with Crippen LogP contribution in [0.5, 0.6) is 0 Å². The molecule has 0 saturated carbocycles. The molecule has 3 aromatic rings. The van der Waals surface area contributed by atoms with Crippen LogP contribution >= 0.6 is 0 Å². The van der Waals surface area contributed by atoms with E-state index in [0.29, 0.717) is 27.3 Å². The molecule has 2 N–H and O–H groups in total. The molecular weight excluding hydrogens is 612 g/mol. The van der Waals surface area contributed by atoms with Crippen LogP contribution in [0.4, 0.5) is 4.79 Å². The predicted octanol–water partition coefficient (Wildman–Crippen LogP) is 2.31. The van der Waals surface area contributed by atoms with Gasteiger partial charge in [-0.2, -0.15) is 0 Å². The van der Waals surface area contributed by atoms with E-state index in [1.807, 2.05) is 0 Å². The van der Waals surface area contributed by atoms with Crippen molar-refractivity contribution in [2.45, 2.75) is 25.9 Å². The molecule has 1 fully saturated rings. The minimum absolute atomic E-state index is 0.0338. The molecule has 14 heteroatoms. The number of hydroxylamine groups is 2. The first kappa shape index (κ1) is 34.0. The standard InChI is InChI=1S/C33H32N4O10/c38-27(34-14-16-46-31(42)25-10-3-1-4-11-25)19-30(41)37(45)22-24-9-7-8-23(18-24)21-36-29(40)20-28(39)35(33(36)44)15-17-47-32(43)26-12-5-2-6-13-26/h1-13,18,45H,14-17,19-22H2,(H,34,38). The summed E-state index contributed by atoms with van der Waals surface area (Å²) in [6, 6.07) is 22.0. The van der Waals surface area contributed by atoms with Gasteiger partial charge in [0.2, 0.25) is 17.7 Å². The van der Waals surface area contributed by atoms with Crippen LogP contribution in [0, 0.1) is 0 Å². The third kappa shape index (κ3) is 9.80. The van der Waals surface area contributed by atoms with Crippen LogP contribution < -0.4 is 5.32 Å². The van der Waals surface area contributed by atoms with Gasteiger partial charge < -0.3 is 14.8 Å². The van der Waals surface area contributed by atoms with E-state index in [0.717, 1.165) is 9.80 Å². The summed E-state index contributed by atoms with van der Waals surface area (Å²) in [7, 11) is 0. The number of hydrogen-bond donors (Lipinski definition) is 2. The van der Waals surface area contributed by atoms with Gasteiger partial charge in [-0.15, -0.1) is 0 Å². The molecule has 0 aliphatic carbocycles. The van der Waals surface area contributed by atoms with Gasteiger partial charge in [0.25, 0.3) is 5.91 Å². The van der Waals surface area contributed by atoms with Crippen molar-refractivity contribution in [1.29, 1.82) is 0 Å². The van der Waals surface area contributed by atoms with E-state index in [9.17, 15) is 38.8 Å². The molecule has 0 spiro atoms. The number of rotatable bonds is 14. The van der Waals surface area contributed by atoms with E-state index in [1.54, 1.807) is 84.9 Å². The van der Waals surface area contributed by atoms with Crippen LogP contribution in [0.2, 0.25) is 0 Å². The quantitative estimate of drug-likeness (QED) is 0.0869. The lowest BCUT2D eigenvalue weighted by molar-refractivity contribution is -0.169. The summed E-state index contributed by atoms with van der Waals surface area (Å²) in [4.78, 5) is 88.5. The number of carbonyl (C=O) groups excluding carboxylic acids is 7. The Morgan fingerprint density at radius 1 is 0.745 bits per heavy atom. The zero-order chi connectivity index (χ0) is 33.8. The number of barbiturate groups is 1. The molecule has 47 heavy (non-hydrogen) atoms. The fraction of sp³-hybridized carbons (Fsp3) is 0.242. The Labute approximate surface area is 269 Å². The number of nitrogens with one attached hydrogen (secondary N) is 1.